The van der Waals surface area contributed by atoms with Gasteiger partial charge in [0.1, 0.15) is 5.65 Å². The average molecular weight is 462 g/mol. The summed E-state index contributed by atoms with van der Waals surface area (Å²) < 4.78 is 34.5. The highest BCUT2D eigenvalue weighted by Gasteiger charge is 2.35. The van der Waals surface area contributed by atoms with Crippen molar-refractivity contribution in [2.24, 2.45) is 5.92 Å². The summed E-state index contributed by atoms with van der Waals surface area (Å²) >= 11 is 6.54. The number of nitrogens with zero attached hydrogens (tertiary/aromatic N) is 2. The summed E-state index contributed by atoms with van der Waals surface area (Å²) in [7, 11) is 0. The van der Waals surface area contributed by atoms with E-state index < -0.39 is 5.92 Å². The van der Waals surface area contributed by atoms with Crippen molar-refractivity contribution in [1.82, 2.24) is 14.7 Å². The number of ether oxygens (including phenoxy) is 1. The van der Waals surface area contributed by atoms with Crippen LogP contribution in [0.25, 0.3) is 11.2 Å². The molecule has 0 spiro atoms. The van der Waals surface area contributed by atoms with Crippen LogP contribution in [0.3, 0.4) is 0 Å². The van der Waals surface area contributed by atoms with Crippen molar-refractivity contribution in [3.05, 3.63) is 52.5 Å². The number of alkyl halides is 2. The highest BCUT2D eigenvalue weighted by molar-refractivity contribution is 6.33. The van der Waals surface area contributed by atoms with Crippen LogP contribution in [0.4, 0.5) is 8.78 Å². The highest BCUT2D eigenvalue weighted by Crippen LogP contribution is 2.39. The predicted molar refractivity (Wildman–Crippen MR) is 119 cm³/mol. The molecule has 1 aliphatic heterocycles. The van der Waals surface area contributed by atoms with Gasteiger partial charge in [-0.15, -0.1) is 0 Å². The smallest absolute Gasteiger partial charge is 0.253 e. The summed E-state index contributed by atoms with van der Waals surface area (Å²) in [5.74, 6) is -2.59. The lowest BCUT2D eigenvalue weighted by atomic mass is 9.83. The number of nitrogens with one attached hydrogen (secondary N) is 1. The maximum atomic E-state index is 13.6. The minimum atomic E-state index is -2.55. The fraction of sp³-hybridized carbons (Fsp3) is 0.500. The Balaban J connectivity index is 1.44. The average Bonchev–Trinajstić information content (AvgIpc) is 3.05. The van der Waals surface area contributed by atoms with Gasteiger partial charge in [-0.05, 0) is 44.1 Å². The highest BCUT2D eigenvalue weighted by atomic mass is 35.5. The van der Waals surface area contributed by atoms with Crippen molar-refractivity contribution in [2.45, 2.75) is 56.9 Å². The lowest BCUT2D eigenvalue weighted by Crippen LogP contribution is -2.39. The van der Waals surface area contributed by atoms with Gasteiger partial charge in [0.25, 0.3) is 5.91 Å². The second-order valence-corrected chi connectivity index (χ2v) is 9.42. The Morgan fingerprint density at radius 2 is 1.97 bits per heavy atom. The fourth-order valence-electron chi connectivity index (χ4n) is 4.75. The standard InChI is InChI=1S/C24H26ClF2N3O2/c25-19-14-30-20(12-15-4-8-24(26,27)9-5-15)22(16-2-1-3-16)29-21(30)13-18(19)23(31)28-17-6-10-32-11-7-17/h1-3,13-15,17H,4-12H2,(H,28,31). The lowest BCUT2D eigenvalue weighted by molar-refractivity contribution is -0.0457. The number of hydrogen-bond acceptors (Lipinski definition) is 3. The Bertz CT molecular complexity index is 1090. The molecule has 32 heavy (non-hydrogen) atoms. The largest absolute Gasteiger partial charge is 0.381 e. The summed E-state index contributed by atoms with van der Waals surface area (Å²) in [6, 6.07) is 1.80. The molecule has 2 aromatic rings. The van der Waals surface area contributed by atoms with Crippen LogP contribution in [0, 0.1) is 5.92 Å². The van der Waals surface area contributed by atoms with Crippen LogP contribution in [0.5, 0.6) is 0 Å². The summed E-state index contributed by atoms with van der Waals surface area (Å²) in [6.45, 7) is 1.28. The minimum absolute atomic E-state index is 0.0659. The van der Waals surface area contributed by atoms with Crippen molar-refractivity contribution in [1.29, 1.82) is 0 Å². The molecular formula is C24H26ClF2N3O2. The van der Waals surface area contributed by atoms with Crippen molar-refractivity contribution in [3.8, 4) is 0 Å². The van der Waals surface area contributed by atoms with Crippen LogP contribution in [-0.4, -0.2) is 40.5 Å². The fourth-order valence-corrected chi connectivity index (χ4v) is 4.98. The van der Waals surface area contributed by atoms with Gasteiger partial charge < -0.3 is 14.5 Å². The molecule has 1 saturated carbocycles. The zero-order valence-corrected chi connectivity index (χ0v) is 18.5. The van der Waals surface area contributed by atoms with Gasteiger partial charge in [-0.1, -0.05) is 29.8 Å². The molecule has 1 amide bonds. The van der Waals surface area contributed by atoms with E-state index in [4.69, 9.17) is 21.3 Å². The molecule has 0 aromatic carbocycles. The molecule has 1 N–H and O–H groups in total. The van der Waals surface area contributed by atoms with Crippen molar-refractivity contribution < 1.29 is 18.3 Å². The SMILES string of the molecule is O=C(NC1CCOCC1)c1cc2nc(C3=CC=C3)c(CC3CCC(F)(F)CC3)n2cc1Cl. The third kappa shape index (κ3) is 4.33. The van der Waals surface area contributed by atoms with Gasteiger partial charge in [-0.25, -0.2) is 13.8 Å². The van der Waals surface area contributed by atoms with E-state index in [1.165, 1.54) is 0 Å². The van der Waals surface area contributed by atoms with E-state index in [0.29, 0.717) is 48.7 Å². The Kier molecular flexibility index (Phi) is 5.80. The summed E-state index contributed by atoms with van der Waals surface area (Å²) in [4.78, 5) is 17.7. The van der Waals surface area contributed by atoms with Gasteiger partial charge in [0.05, 0.1) is 22.0 Å². The number of carbonyl (C=O) groups excluding carboxylic acids is 1. The van der Waals surface area contributed by atoms with Gasteiger partial charge in [-0.3, -0.25) is 4.79 Å². The van der Waals surface area contributed by atoms with Crippen molar-refractivity contribution in [3.63, 3.8) is 0 Å². The van der Waals surface area contributed by atoms with Crippen LogP contribution in [0.1, 0.15) is 60.3 Å². The number of allylic oxidation sites excluding steroid dienone is 4. The molecule has 5 rings (SSSR count). The molecule has 0 atom stereocenters. The maximum absolute atomic E-state index is 13.6. The number of imidazole rings is 1. The zero-order chi connectivity index (χ0) is 22.3. The first-order chi connectivity index (χ1) is 15.4. The van der Waals surface area contributed by atoms with E-state index in [1.807, 2.05) is 22.6 Å². The summed E-state index contributed by atoms with van der Waals surface area (Å²) in [6.07, 6.45) is 10.7. The van der Waals surface area contributed by atoms with Crippen molar-refractivity contribution >= 4 is 28.7 Å². The third-order valence-corrected chi connectivity index (χ3v) is 7.06. The van der Waals surface area contributed by atoms with Crippen LogP contribution in [0.2, 0.25) is 5.02 Å². The van der Waals surface area contributed by atoms with E-state index in [9.17, 15) is 13.6 Å². The topological polar surface area (TPSA) is 55.6 Å². The number of pyridine rings is 1. The van der Waals surface area contributed by atoms with Crippen LogP contribution >= 0.6 is 11.6 Å². The van der Waals surface area contributed by atoms with Gasteiger partial charge in [-0.2, -0.15) is 0 Å². The second-order valence-electron chi connectivity index (χ2n) is 9.02. The molecule has 0 bridgehead atoms. The third-order valence-electron chi connectivity index (χ3n) is 6.76. The quantitative estimate of drug-likeness (QED) is 0.664. The van der Waals surface area contributed by atoms with Gasteiger partial charge in [0.15, 0.2) is 0 Å². The molecule has 1 saturated heterocycles. The first-order valence-electron chi connectivity index (χ1n) is 11.3. The first-order valence-corrected chi connectivity index (χ1v) is 11.6. The molecule has 8 heteroatoms. The number of aromatic nitrogens is 2. The second kappa shape index (κ2) is 8.60. The number of rotatable bonds is 5. The molecule has 0 radical (unpaired) electrons. The van der Waals surface area contributed by atoms with E-state index in [0.717, 1.165) is 29.8 Å². The first kappa shape index (κ1) is 21.6. The molecule has 5 nitrogen and oxygen atoms in total. The Hall–Kier alpha value is -2.25. The van der Waals surface area contributed by atoms with Crippen LogP contribution in [0.15, 0.2) is 30.5 Å². The van der Waals surface area contributed by atoms with Gasteiger partial charge >= 0.3 is 0 Å². The summed E-state index contributed by atoms with van der Waals surface area (Å²) in [5, 5.41) is 3.39. The Morgan fingerprint density at radius 3 is 2.62 bits per heavy atom. The Labute approximate surface area is 190 Å². The molecule has 170 valence electrons. The lowest BCUT2D eigenvalue weighted by Gasteiger charge is -2.28. The van der Waals surface area contributed by atoms with E-state index in [1.54, 1.807) is 12.3 Å². The van der Waals surface area contributed by atoms with Crippen LogP contribution < -0.4 is 5.32 Å². The molecule has 2 aromatic heterocycles. The molecule has 3 heterocycles. The minimum Gasteiger partial charge on any atom is -0.381 e. The number of amides is 1. The van der Waals surface area contributed by atoms with E-state index >= 15 is 0 Å². The Morgan fingerprint density at radius 1 is 1.25 bits per heavy atom. The van der Waals surface area contributed by atoms with Gasteiger partial charge in [0, 0.05) is 43.9 Å². The number of carbonyl (C=O) groups is 1. The van der Waals surface area contributed by atoms with Gasteiger partial charge in [0.2, 0.25) is 5.92 Å². The normalized spacial score (nSPS) is 21.4. The number of hydrogen-bond donors (Lipinski definition) is 1. The molecule has 3 aliphatic rings. The van der Waals surface area contributed by atoms with E-state index in [-0.39, 0.29) is 30.7 Å². The molecule has 2 fully saturated rings. The van der Waals surface area contributed by atoms with Crippen LogP contribution in [-0.2, 0) is 11.2 Å². The zero-order valence-electron chi connectivity index (χ0n) is 17.8. The van der Waals surface area contributed by atoms with E-state index in [2.05, 4.69) is 5.32 Å². The molecule has 0 unspecified atom stereocenters. The molecule has 2 aliphatic carbocycles. The number of fused-ring (bicyclic) bond motifs is 1. The maximum Gasteiger partial charge on any atom is 0.253 e. The predicted octanol–water partition coefficient (Wildman–Crippen LogP) is 5.22. The molecular weight excluding hydrogens is 436 g/mol. The van der Waals surface area contributed by atoms with Crippen molar-refractivity contribution in [2.75, 3.05) is 13.2 Å². The summed E-state index contributed by atoms with van der Waals surface area (Å²) in [5.41, 5.74) is 3.84. The number of halogens is 3. The monoisotopic (exact) mass is 461 g/mol.